The van der Waals surface area contributed by atoms with E-state index in [1.165, 1.54) is 13.1 Å². The number of anilines is 1. The fourth-order valence-electron chi connectivity index (χ4n) is 5.28. The summed E-state index contributed by atoms with van der Waals surface area (Å²) in [5.74, 6) is 0.247. The van der Waals surface area contributed by atoms with E-state index in [9.17, 15) is 14.7 Å². The van der Waals surface area contributed by atoms with Crippen LogP contribution in [0.1, 0.15) is 51.1 Å². The van der Waals surface area contributed by atoms with Crippen LogP contribution in [0.3, 0.4) is 0 Å². The van der Waals surface area contributed by atoms with Gasteiger partial charge < -0.3 is 29.0 Å². The zero-order valence-corrected chi connectivity index (χ0v) is 25.1. The zero-order chi connectivity index (χ0) is 28.5. The number of rotatable bonds is 9. The molecule has 0 saturated carbocycles. The molecule has 10 nitrogen and oxygen atoms in total. The number of piperidine rings is 1. The molecule has 0 aromatic carbocycles. The Labute approximate surface area is 230 Å². The van der Waals surface area contributed by atoms with Crippen LogP contribution in [0, 0.1) is 5.41 Å². The second-order valence-corrected chi connectivity index (χ2v) is 18.3. The minimum Gasteiger partial charge on any atom is -0.465 e. The highest BCUT2D eigenvalue weighted by Gasteiger charge is 2.42. The number of Topliss-reactive ketones (excluding diaryl/α,β-unsaturated/α-hetero) is 1. The van der Waals surface area contributed by atoms with Gasteiger partial charge in [-0.3, -0.25) is 4.79 Å². The van der Waals surface area contributed by atoms with Crippen molar-refractivity contribution in [1.82, 2.24) is 19.4 Å². The fourth-order valence-corrected chi connectivity index (χ4v) is 6.04. The highest BCUT2D eigenvalue weighted by Crippen LogP contribution is 2.39. The molecule has 3 aromatic rings. The predicted molar refractivity (Wildman–Crippen MR) is 154 cm³/mol. The van der Waals surface area contributed by atoms with Crippen molar-refractivity contribution in [2.75, 3.05) is 18.5 Å². The minimum atomic E-state index is -1.20. The lowest BCUT2D eigenvalue weighted by molar-refractivity contribution is 0.0519. The van der Waals surface area contributed by atoms with Crippen LogP contribution < -0.4 is 5.32 Å². The SMILES string of the molecule is CC(=O)c1cnc(-c2cnc3c(ccn3COCC[Si](C)(C)C)c2NC2CCCN(C(=O)O)C2C(C)(C)C)o1. The molecule has 0 bridgehead atoms. The Balaban J connectivity index is 1.75. The van der Waals surface area contributed by atoms with Crippen molar-refractivity contribution in [2.24, 2.45) is 5.41 Å². The molecular weight excluding hydrogens is 514 g/mol. The van der Waals surface area contributed by atoms with E-state index in [4.69, 9.17) is 14.1 Å². The summed E-state index contributed by atoms with van der Waals surface area (Å²) < 4.78 is 13.8. The Morgan fingerprint density at radius 2 is 1.97 bits per heavy atom. The summed E-state index contributed by atoms with van der Waals surface area (Å²) in [4.78, 5) is 34.7. The molecule has 11 heteroatoms. The summed E-state index contributed by atoms with van der Waals surface area (Å²) in [7, 11) is -1.20. The third kappa shape index (κ3) is 6.52. The number of nitrogens with one attached hydrogen (secondary N) is 1. The number of ether oxygens (including phenoxy) is 1. The van der Waals surface area contributed by atoms with Crippen molar-refractivity contribution in [1.29, 1.82) is 0 Å². The van der Waals surface area contributed by atoms with E-state index in [-0.39, 0.29) is 34.9 Å². The summed E-state index contributed by atoms with van der Waals surface area (Å²) in [6.45, 7) is 16.2. The third-order valence-corrected chi connectivity index (χ3v) is 8.90. The Morgan fingerprint density at radius 1 is 1.23 bits per heavy atom. The molecular formula is C28H41N5O5Si. The predicted octanol–water partition coefficient (Wildman–Crippen LogP) is 6.18. The van der Waals surface area contributed by atoms with Crippen LogP contribution in [-0.4, -0.2) is 69.7 Å². The average Bonchev–Trinajstić information content (AvgIpc) is 3.48. The Kier molecular flexibility index (Phi) is 8.22. The van der Waals surface area contributed by atoms with Crippen LogP contribution in [0.2, 0.25) is 25.7 Å². The highest BCUT2D eigenvalue weighted by atomic mass is 28.3. The summed E-state index contributed by atoms with van der Waals surface area (Å²) >= 11 is 0. The molecule has 1 aliphatic rings. The van der Waals surface area contributed by atoms with Gasteiger partial charge in [0.25, 0.3) is 0 Å². The van der Waals surface area contributed by atoms with Gasteiger partial charge in [0.15, 0.2) is 11.5 Å². The number of hydrogen-bond acceptors (Lipinski definition) is 7. The fraction of sp³-hybridized carbons (Fsp3) is 0.571. The molecule has 1 fully saturated rings. The second kappa shape index (κ2) is 11.1. The molecule has 4 heterocycles. The second-order valence-electron chi connectivity index (χ2n) is 12.7. The maximum absolute atomic E-state index is 12.2. The van der Waals surface area contributed by atoms with Crippen LogP contribution in [-0.2, 0) is 11.5 Å². The molecule has 2 unspecified atom stereocenters. The molecule has 2 atom stereocenters. The number of aromatic nitrogens is 3. The summed E-state index contributed by atoms with van der Waals surface area (Å²) in [6.07, 6.45) is 5.71. The topological polar surface area (TPSA) is 123 Å². The lowest BCUT2D eigenvalue weighted by Gasteiger charge is -2.47. The van der Waals surface area contributed by atoms with Crippen molar-refractivity contribution < 1.29 is 23.8 Å². The van der Waals surface area contributed by atoms with Crippen molar-refractivity contribution in [3.05, 3.63) is 30.4 Å². The monoisotopic (exact) mass is 555 g/mol. The van der Waals surface area contributed by atoms with E-state index in [0.717, 1.165) is 35.6 Å². The maximum Gasteiger partial charge on any atom is 0.407 e. The molecule has 1 aliphatic heterocycles. The number of nitrogens with zero attached hydrogens (tertiary/aromatic N) is 4. The Bertz CT molecular complexity index is 1340. The van der Waals surface area contributed by atoms with Gasteiger partial charge in [-0.2, -0.15) is 0 Å². The largest absolute Gasteiger partial charge is 0.465 e. The van der Waals surface area contributed by atoms with Gasteiger partial charge in [-0.05, 0) is 30.4 Å². The number of carboxylic acid groups (broad SMARTS) is 1. The third-order valence-electron chi connectivity index (χ3n) is 7.19. The number of hydrogen-bond donors (Lipinski definition) is 2. The molecule has 4 rings (SSSR count). The summed E-state index contributed by atoms with van der Waals surface area (Å²) in [6, 6.07) is 2.64. The number of oxazole rings is 1. The van der Waals surface area contributed by atoms with Gasteiger partial charge in [0, 0.05) is 52.0 Å². The van der Waals surface area contributed by atoms with Crippen LogP contribution in [0.4, 0.5) is 10.5 Å². The van der Waals surface area contributed by atoms with Crippen molar-refractivity contribution in [2.45, 2.75) is 85.0 Å². The van der Waals surface area contributed by atoms with E-state index in [1.807, 2.05) is 16.8 Å². The van der Waals surface area contributed by atoms with Crippen LogP contribution in [0.15, 0.2) is 29.1 Å². The maximum atomic E-state index is 12.2. The van der Waals surface area contributed by atoms with Gasteiger partial charge in [-0.1, -0.05) is 40.4 Å². The standard InChI is InChI=1S/C28H41N5O5Si/c1-18(34)22-16-30-26(38-22)20-15-29-25-19(10-12-32(25)17-37-13-14-39(5,6)7)23(20)31-21-9-8-11-33(27(35)36)24(21)28(2,3)4/h10,12,15-16,21,24H,8-9,11,13-14,17H2,1-7H3,(H,29,31)(H,35,36). The number of likely N-dealkylation sites (tertiary alicyclic amines) is 1. The van der Waals surface area contributed by atoms with Gasteiger partial charge in [-0.15, -0.1) is 0 Å². The number of ketones is 1. The van der Waals surface area contributed by atoms with Gasteiger partial charge in [0.2, 0.25) is 5.89 Å². The number of fused-ring (bicyclic) bond motifs is 1. The molecule has 0 aliphatic carbocycles. The zero-order valence-electron chi connectivity index (χ0n) is 24.1. The number of carbonyl (C=O) groups is 2. The van der Waals surface area contributed by atoms with Gasteiger partial charge in [0.1, 0.15) is 12.4 Å². The van der Waals surface area contributed by atoms with E-state index < -0.39 is 14.2 Å². The first-order chi connectivity index (χ1) is 18.3. The molecule has 0 radical (unpaired) electrons. The van der Waals surface area contributed by atoms with E-state index in [0.29, 0.717) is 25.4 Å². The number of carbonyl (C=O) groups excluding carboxylic acids is 1. The van der Waals surface area contributed by atoms with Gasteiger partial charge in [-0.25, -0.2) is 14.8 Å². The highest BCUT2D eigenvalue weighted by molar-refractivity contribution is 6.76. The normalized spacial score (nSPS) is 18.5. The minimum absolute atomic E-state index is 0.155. The number of pyridine rings is 1. The van der Waals surface area contributed by atoms with E-state index in [2.05, 4.69) is 50.7 Å². The molecule has 39 heavy (non-hydrogen) atoms. The van der Waals surface area contributed by atoms with Crippen LogP contribution in [0.5, 0.6) is 0 Å². The van der Waals surface area contributed by atoms with E-state index >= 15 is 0 Å². The first-order valence-corrected chi connectivity index (χ1v) is 17.3. The Morgan fingerprint density at radius 3 is 2.59 bits per heavy atom. The van der Waals surface area contributed by atoms with Crippen LogP contribution >= 0.6 is 0 Å². The van der Waals surface area contributed by atoms with Crippen molar-refractivity contribution >= 4 is 36.7 Å². The quantitative estimate of drug-likeness (QED) is 0.182. The average molecular weight is 556 g/mol. The number of amides is 1. The first-order valence-electron chi connectivity index (χ1n) is 13.5. The van der Waals surface area contributed by atoms with Crippen molar-refractivity contribution in [3.63, 3.8) is 0 Å². The summed E-state index contributed by atoms with van der Waals surface area (Å²) in [5.41, 5.74) is 1.81. The molecule has 0 spiro atoms. The molecule has 2 N–H and O–H groups in total. The molecule has 212 valence electrons. The van der Waals surface area contributed by atoms with Crippen molar-refractivity contribution in [3.8, 4) is 11.5 Å². The molecule has 1 amide bonds. The lowest BCUT2D eigenvalue weighted by Crippen LogP contribution is -2.58. The lowest BCUT2D eigenvalue weighted by atomic mass is 9.77. The van der Waals surface area contributed by atoms with Crippen LogP contribution in [0.25, 0.3) is 22.5 Å². The van der Waals surface area contributed by atoms with Gasteiger partial charge >= 0.3 is 6.09 Å². The smallest absolute Gasteiger partial charge is 0.407 e. The Hall–Kier alpha value is -3.18. The van der Waals surface area contributed by atoms with E-state index in [1.54, 1.807) is 11.1 Å². The van der Waals surface area contributed by atoms with Gasteiger partial charge in [0.05, 0.1) is 23.5 Å². The molecule has 1 saturated heterocycles. The summed E-state index contributed by atoms with van der Waals surface area (Å²) in [5, 5.41) is 14.5. The first kappa shape index (κ1) is 28.8. The molecule has 3 aromatic heterocycles.